The molecule has 4 aromatic rings. The van der Waals surface area contributed by atoms with Crippen molar-refractivity contribution in [3.05, 3.63) is 46.6 Å². The highest BCUT2D eigenvalue weighted by Crippen LogP contribution is 2.33. The molecule has 0 radical (unpaired) electrons. The van der Waals surface area contributed by atoms with Crippen molar-refractivity contribution in [2.45, 2.75) is 38.0 Å². The summed E-state index contributed by atoms with van der Waals surface area (Å²) < 4.78 is 3.76. The van der Waals surface area contributed by atoms with Crippen molar-refractivity contribution in [3.8, 4) is 5.69 Å². The van der Waals surface area contributed by atoms with Crippen LogP contribution in [0, 0.1) is 0 Å². The predicted molar refractivity (Wildman–Crippen MR) is 101 cm³/mol. The van der Waals surface area contributed by atoms with Gasteiger partial charge in [0, 0.05) is 5.92 Å². The van der Waals surface area contributed by atoms with E-state index in [1.165, 1.54) is 32.1 Å². The molecule has 1 aliphatic carbocycles. The summed E-state index contributed by atoms with van der Waals surface area (Å²) in [6.45, 7) is 0. The lowest BCUT2D eigenvalue weighted by atomic mass is 9.89. The third-order valence-electron chi connectivity index (χ3n) is 5.12. The molecular weight excluding hydrogens is 371 g/mol. The minimum atomic E-state index is 0.461. The monoisotopic (exact) mass is 386 g/mol. The van der Waals surface area contributed by atoms with E-state index in [-0.39, 0.29) is 0 Å². The molecular formula is C18H16Cl2N6. The van der Waals surface area contributed by atoms with Gasteiger partial charge in [-0.3, -0.25) is 4.40 Å². The van der Waals surface area contributed by atoms with Gasteiger partial charge in [-0.1, -0.05) is 42.5 Å². The van der Waals surface area contributed by atoms with Crippen molar-refractivity contribution >= 4 is 39.9 Å². The van der Waals surface area contributed by atoms with Crippen LogP contribution in [0.1, 0.15) is 43.8 Å². The topological polar surface area (TPSA) is 60.9 Å². The largest absolute Gasteiger partial charge is 0.268 e. The summed E-state index contributed by atoms with van der Waals surface area (Å²) in [5.41, 5.74) is 2.32. The van der Waals surface area contributed by atoms with Gasteiger partial charge in [0.25, 0.3) is 0 Å². The summed E-state index contributed by atoms with van der Waals surface area (Å²) >= 11 is 12.2. The third-order valence-corrected chi connectivity index (χ3v) is 5.86. The smallest absolute Gasteiger partial charge is 0.174 e. The summed E-state index contributed by atoms with van der Waals surface area (Å²) in [6, 6.07) is 5.40. The molecule has 0 bridgehead atoms. The molecule has 0 saturated heterocycles. The van der Waals surface area contributed by atoms with Crippen LogP contribution in [0.15, 0.2) is 30.7 Å². The highest BCUT2D eigenvalue weighted by atomic mass is 35.5. The first-order valence-corrected chi connectivity index (χ1v) is 9.51. The van der Waals surface area contributed by atoms with Crippen molar-refractivity contribution in [2.24, 2.45) is 0 Å². The maximum Gasteiger partial charge on any atom is 0.174 e. The second-order valence-corrected chi connectivity index (χ2v) is 7.54. The maximum absolute atomic E-state index is 6.15. The first-order chi connectivity index (χ1) is 12.7. The molecule has 0 atom stereocenters. The Morgan fingerprint density at radius 3 is 2.62 bits per heavy atom. The van der Waals surface area contributed by atoms with Crippen LogP contribution in [0.2, 0.25) is 10.0 Å². The lowest BCUT2D eigenvalue weighted by molar-refractivity contribution is 0.426. The van der Waals surface area contributed by atoms with Crippen LogP contribution in [0.25, 0.3) is 22.4 Å². The minimum Gasteiger partial charge on any atom is -0.268 e. The molecule has 26 heavy (non-hydrogen) atoms. The van der Waals surface area contributed by atoms with Crippen molar-refractivity contribution < 1.29 is 0 Å². The van der Waals surface area contributed by atoms with E-state index in [0.717, 1.165) is 28.2 Å². The molecule has 1 aromatic carbocycles. The molecule has 132 valence electrons. The highest BCUT2D eigenvalue weighted by Gasteiger charge is 2.22. The molecule has 1 aliphatic rings. The zero-order valence-electron chi connectivity index (χ0n) is 13.9. The second kappa shape index (κ2) is 6.21. The van der Waals surface area contributed by atoms with E-state index in [0.29, 0.717) is 16.0 Å². The van der Waals surface area contributed by atoms with Crippen LogP contribution in [0.3, 0.4) is 0 Å². The Morgan fingerprint density at radius 2 is 1.81 bits per heavy atom. The Bertz CT molecular complexity index is 1110. The van der Waals surface area contributed by atoms with Gasteiger partial charge in [-0.05, 0) is 31.0 Å². The van der Waals surface area contributed by atoms with Crippen molar-refractivity contribution in [2.75, 3.05) is 0 Å². The van der Waals surface area contributed by atoms with Gasteiger partial charge in [-0.2, -0.15) is 5.10 Å². The van der Waals surface area contributed by atoms with Crippen LogP contribution >= 0.6 is 23.2 Å². The number of benzene rings is 1. The maximum atomic E-state index is 6.15. The summed E-state index contributed by atoms with van der Waals surface area (Å²) in [7, 11) is 0. The van der Waals surface area contributed by atoms with Crippen molar-refractivity contribution in [1.29, 1.82) is 0 Å². The SMILES string of the molecule is Clc1ccc(-n2ncc3c2ncn2c(C4CCCCC4)nnc32)cc1Cl. The normalized spacial score (nSPS) is 15.9. The van der Waals surface area contributed by atoms with E-state index < -0.39 is 0 Å². The first-order valence-electron chi connectivity index (χ1n) is 8.75. The molecule has 5 rings (SSSR count). The van der Waals surface area contributed by atoms with E-state index in [1.807, 2.05) is 10.5 Å². The van der Waals surface area contributed by atoms with Gasteiger partial charge in [0.1, 0.15) is 12.2 Å². The molecule has 3 aromatic heterocycles. The van der Waals surface area contributed by atoms with E-state index in [9.17, 15) is 0 Å². The van der Waals surface area contributed by atoms with Gasteiger partial charge < -0.3 is 0 Å². The number of rotatable bonds is 2. The van der Waals surface area contributed by atoms with Crippen LogP contribution < -0.4 is 0 Å². The van der Waals surface area contributed by atoms with Gasteiger partial charge >= 0.3 is 0 Å². The zero-order valence-corrected chi connectivity index (χ0v) is 15.5. The number of nitrogens with zero attached hydrogens (tertiary/aromatic N) is 6. The summed E-state index contributed by atoms with van der Waals surface area (Å²) in [5, 5.41) is 15.2. The average molecular weight is 387 g/mol. The van der Waals surface area contributed by atoms with Crippen LogP contribution in [0.5, 0.6) is 0 Å². The van der Waals surface area contributed by atoms with E-state index in [4.69, 9.17) is 23.2 Å². The molecule has 0 aliphatic heterocycles. The molecule has 0 spiro atoms. The van der Waals surface area contributed by atoms with Crippen molar-refractivity contribution in [3.63, 3.8) is 0 Å². The zero-order chi connectivity index (χ0) is 17.7. The van der Waals surface area contributed by atoms with Gasteiger partial charge in [-0.25, -0.2) is 9.67 Å². The number of hydrogen-bond donors (Lipinski definition) is 0. The van der Waals surface area contributed by atoms with Gasteiger partial charge in [-0.15, -0.1) is 10.2 Å². The molecule has 3 heterocycles. The Kier molecular flexibility index (Phi) is 3.83. The molecule has 1 fully saturated rings. The Labute approximate surface area is 159 Å². The lowest BCUT2D eigenvalue weighted by Gasteiger charge is -2.19. The summed E-state index contributed by atoms with van der Waals surface area (Å²) in [4.78, 5) is 4.63. The minimum absolute atomic E-state index is 0.461. The first kappa shape index (κ1) is 16.0. The fraction of sp³-hybridized carbons (Fsp3) is 0.333. The lowest BCUT2D eigenvalue weighted by Crippen LogP contribution is -2.09. The fourth-order valence-corrected chi connectivity index (χ4v) is 4.07. The van der Waals surface area contributed by atoms with Crippen molar-refractivity contribution in [1.82, 2.24) is 29.4 Å². The average Bonchev–Trinajstić information content (AvgIpc) is 3.28. The fourth-order valence-electron chi connectivity index (χ4n) is 3.78. The molecule has 1 saturated carbocycles. The molecule has 8 heteroatoms. The Hall–Kier alpha value is -2.18. The van der Waals surface area contributed by atoms with Crippen LogP contribution in [-0.2, 0) is 0 Å². The van der Waals surface area contributed by atoms with E-state index in [1.54, 1.807) is 29.3 Å². The number of aromatic nitrogens is 6. The standard InChI is InChI=1S/C18H16Cl2N6/c19-14-7-6-12(8-15(14)20)26-17-13(9-22-26)18-24-23-16(25(18)10-21-17)11-4-2-1-3-5-11/h6-11H,1-5H2. The summed E-state index contributed by atoms with van der Waals surface area (Å²) in [5.74, 6) is 1.47. The van der Waals surface area contributed by atoms with E-state index in [2.05, 4.69) is 20.3 Å². The Morgan fingerprint density at radius 1 is 0.962 bits per heavy atom. The molecule has 0 N–H and O–H groups in total. The highest BCUT2D eigenvalue weighted by molar-refractivity contribution is 6.42. The molecule has 0 unspecified atom stereocenters. The third kappa shape index (κ3) is 2.47. The van der Waals surface area contributed by atoms with Gasteiger partial charge in [0.2, 0.25) is 0 Å². The second-order valence-electron chi connectivity index (χ2n) is 6.72. The summed E-state index contributed by atoms with van der Waals surface area (Å²) in [6.07, 6.45) is 9.74. The Balaban J connectivity index is 1.64. The molecule has 6 nitrogen and oxygen atoms in total. The number of hydrogen-bond acceptors (Lipinski definition) is 4. The molecule has 0 amide bonds. The predicted octanol–water partition coefficient (Wildman–Crippen LogP) is 4.82. The van der Waals surface area contributed by atoms with E-state index >= 15 is 0 Å². The van der Waals surface area contributed by atoms with Gasteiger partial charge in [0.15, 0.2) is 11.3 Å². The number of fused-ring (bicyclic) bond motifs is 3. The van der Waals surface area contributed by atoms with Crippen LogP contribution in [-0.4, -0.2) is 29.4 Å². The van der Waals surface area contributed by atoms with Crippen LogP contribution in [0.4, 0.5) is 0 Å². The number of halogens is 2. The van der Waals surface area contributed by atoms with Gasteiger partial charge in [0.05, 0.1) is 27.3 Å². The quantitative estimate of drug-likeness (QED) is 0.495.